The van der Waals surface area contributed by atoms with Crippen molar-refractivity contribution < 1.29 is 13.5 Å². The number of hydrogen-bond acceptors (Lipinski definition) is 3. The highest BCUT2D eigenvalue weighted by molar-refractivity contribution is 6.30. The summed E-state index contributed by atoms with van der Waals surface area (Å²) in [5, 5.41) is 1.62. The van der Waals surface area contributed by atoms with Gasteiger partial charge >= 0.3 is 6.61 Å². The van der Waals surface area contributed by atoms with Crippen molar-refractivity contribution in [1.29, 1.82) is 0 Å². The molecule has 27 heavy (non-hydrogen) atoms. The predicted octanol–water partition coefficient (Wildman–Crippen LogP) is 5.11. The molecule has 0 atom stereocenters. The average molecular weight is 390 g/mol. The van der Waals surface area contributed by atoms with E-state index in [9.17, 15) is 8.78 Å². The molecule has 1 N–H and O–H groups in total. The fourth-order valence-corrected chi connectivity index (χ4v) is 3.64. The first kappa shape index (κ1) is 17.9. The van der Waals surface area contributed by atoms with E-state index in [0.29, 0.717) is 17.1 Å². The number of fused-ring (bicyclic) bond motifs is 1. The maximum atomic E-state index is 12.6. The molecule has 3 heterocycles. The first-order chi connectivity index (χ1) is 13.1. The summed E-state index contributed by atoms with van der Waals surface area (Å²) in [6.07, 6.45) is 6.80. The molecule has 140 valence electrons. The minimum absolute atomic E-state index is 0.173. The van der Waals surface area contributed by atoms with Gasteiger partial charge in [-0.05, 0) is 42.3 Å². The lowest BCUT2D eigenvalue weighted by Gasteiger charge is -2.27. The molecule has 0 amide bonds. The summed E-state index contributed by atoms with van der Waals surface area (Å²) < 4.78 is 29.9. The van der Waals surface area contributed by atoms with Gasteiger partial charge in [0.15, 0.2) is 0 Å². The van der Waals surface area contributed by atoms with Crippen LogP contribution in [0.3, 0.4) is 0 Å². The monoisotopic (exact) mass is 389 g/mol. The molecule has 3 aromatic rings. The molecule has 0 bridgehead atoms. The lowest BCUT2D eigenvalue weighted by Crippen LogP contribution is -2.28. The number of H-pyrrole nitrogens is 1. The van der Waals surface area contributed by atoms with Crippen molar-refractivity contribution in [3.05, 3.63) is 65.0 Å². The summed E-state index contributed by atoms with van der Waals surface area (Å²) in [6.45, 7) is -0.808. The van der Waals surface area contributed by atoms with Crippen LogP contribution in [0.25, 0.3) is 16.6 Å². The van der Waals surface area contributed by atoms with Crippen LogP contribution in [0.4, 0.5) is 8.78 Å². The third kappa shape index (κ3) is 3.96. The molecule has 0 saturated heterocycles. The highest BCUT2D eigenvalue weighted by atomic mass is 35.5. The number of aromatic amines is 1. The van der Waals surface area contributed by atoms with Crippen LogP contribution >= 0.6 is 11.6 Å². The lowest BCUT2D eigenvalue weighted by atomic mass is 9.99. The lowest BCUT2D eigenvalue weighted by molar-refractivity contribution is -0.0507. The fourth-order valence-electron chi connectivity index (χ4n) is 3.44. The van der Waals surface area contributed by atoms with E-state index in [0.717, 1.165) is 30.5 Å². The molecule has 1 aliphatic heterocycles. The Balaban J connectivity index is 1.50. The van der Waals surface area contributed by atoms with E-state index in [1.807, 2.05) is 12.3 Å². The van der Waals surface area contributed by atoms with Crippen molar-refractivity contribution >= 4 is 28.2 Å². The topological polar surface area (TPSA) is 41.1 Å². The highest BCUT2D eigenvalue weighted by Gasteiger charge is 2.18. The van der Waals surface area contributed by atoms with E-state index >= 15 is 0 Å². The van der Waals surface area contributed by atoms with Gasteiger partial charge < -0.3 is 9.72 Å². The van der Waals surface area contributed by atoms with Crippen LogP contribution < -0.4 is 4.74 Å². The number of aromatic nitrogens is 2. The quantitative estimate of drug-likeness (QED) is 0.659. The normalized spacial score (nSPS) is 15.3. The number of halogens is 3. The Morgan fingerprint density at radius 1 is 1.30 bits per heavy atom. The standard InChI is InChI=1S/C20H18ClF2N3O/c21-15-3-4-18(27-20(22)23)14(10-15)12-26-8-5-13(6-9-26)17-11-25-19-16(17)2-1-7-24-19/h1-5,7,10-11,20H,6,8-9,12H2,(H,24,25). The Morgan fingerprint density at radius 3 is 2.96 bits per heavy atom. The molecule has 0 fully saturated rings. The van der Waals surface area contributed by atoms with Gasteiger partial charge in [-0.2, -0.15) is 8.78 Å². The van der Waals surface area contributed by atoms with Gasteiger partial charge in [0, 0.05) is 53.6 Å². The number of nitrogens with zero attached hydrogens (tertiary/aromatic N) is 2. The number of pyridine rings is 1. The molecule has 0 radical (unpaired) electrons. The van der Waals surface area contributed by atoms with E-state index in [2.05, 4.69) is 31.7 Å². The fraction of sp³-hybridized carbons (Fsp3) is 0.250. The van der Waals surface area contributed by atoms with Crippen LogP contribution in [0.15, 0.2) is 48.8 Å². The third-order valence-electron chi connectivity index (χ3n) is 4.72. The minimum Gasteiger partial charge on any atom is -0.434 e. The van der Waals surface area contributed by atoms with Gasteiger partial charge in [-0.3, -0.25) is 4.90 Å². The Morgan fingerprint density at radius 2 is 2.19 bits per heavy atom. The number of nitrogens with one attached hydrogen (secondary N) is 1. The van der Waals surface area contributed by atoms with Gasteiger partial charge in [0.25, 0.3) is 0 Å². The molecule has 1 aromatic carbocycles. The van der Waals surface area contributed by atoms with Crippen LogP contribution in [0.5, 0.6) is 5.75 Å². The molecule has 0 spiro atoms. The van der Waals surface area contributed by atoms with Crippen molar-refractivity contribution in [3.63, 3.8) is 0 Å². The summed E-state index contributed by atoms with van der Waals surface area (Å²) in [5.74, 6) is 0.173. The van der Waals surface area contributed by atoms with Gasteiger partial charge in [0.05, 0.1) is 0 Å². The van der Waals surface area contributed by atoms with Gasteiger partial charge in [-0.15, -0.1) is 0 Å². The predicted molar refractivity (Wildman–Crippen MR) is 102 cm³/mol. The van der Waals surface area contributed by atoms with E-state index in [-0.39, 0.29) is 5.75 Å². The summed E-state index contributed by atoms with van der Waals surface area (Å²) in [5.41, 5.74) is 3.97. The summed E-state index contributed by atoms with van der Waals surface area (Å²) in [7, 11) is 0. The second-order valence-corrected chi connectivity index (χ2v) is 6.88. The van der Waals surface area contributed by atoms with E-state index in [4.69, 9.17) is 11.6 Å². The zero-order chi connectivity index (χ0) is 18.8. The van der Waals surface area contributed by atoms with E-state index in [1.54, 1.807) is 18.3 Å². The largest absolute Gasteiger partial charge is 0.434 e. The number of hydrogen-bond donors (Lipinski definition) is 1. The molecule has 0 unspecified atom stereocenters. The van der Waals surface area contributed by atoms with Crippen LogP contribution in [-0.2, 0) is 6.54 Å². The molecule has 4 rings (SSSR count). The molecule has 2 aromatic heterocycles. The molecular weight excluding hydrogens is 372 g/mol. The number of rotatable bonds is 5. The van der Waals surface area contributed by atoms with Crippen LogP contribution in [-0.4, -0.2) is 34.6 Å². The van der Waals surface area contributed by atoms with Crippen LogP contribution in [0, 0.1) is 0 Å². The molecule has 7 heteroatoms. The zero-order valence-corrected chi connectivity index (χ0v) is 15.2. The summed E-state index contributed by atoms with van der Waals surface area (Å²) in [6, 6.07) is 8.72. The maximum Gasteiger partial charge on any atom is 0.387 e. The van der Waals surface area contributed by atoms with Crippen molar-refractivity contribution in [1.82, 2.24) is 14.9 Å². The maximum absolute atomic E-state index is 12.6. The first-order valence-electron chi connectivity index (χ1n) is 8.67. The Kier molecular flexibility index (Phi) is 5.09. The third-order valence-corrected chi connectivity index (χ3v) is 4.96. The molecule has 4 nitrogen and oxygen atoms in total. The van der Waals surface area contributed by atoms with Gasteiger partial charge in [0.2, 0.25) is 0 Å². The second-order valence-electron chi connectivity index (χ2n) is 6.45. The minimum atomic E-state index is -2.85. The SMILES string of the molecule is FC(F)Oc1ccc(Cl)cc1CN1CC=C(c2c[nH]c3ncccc23)CC1. The van der Waals surface area contributed by atoms with E-state index in [1.165, 1.54) is 17.2 Å². The van der Waals surface area contributed by atoms with E-state index < -0.39 is 6.61 Å². The molecule has 1 aliphatic rings. The first-order valence-corrected chi connectivity index (χ1v) is 9.05. The van der Waals surface area contributed by atoms with Gasteiger partial charge in [-0.25, -0.2) is 4.98 Å². The van der Waals surface area contributed by atoms with Crippen molar-refractivity contribution in [2.75, 3.05) is 13.1 Å². The average Bonchev–Trinajstić information content (AvgIpc) is 3.08. The van der Waals surface area contributed by atoms with Crippen LogP contribution in [0.1, 0.15) is 17.5 Å². The second kappa shape index (κ2) is 7.66. The number of ether oxygens (including phenoxy) is 1. The number of benzene rings is 1. The highest BCUT2D eigenvalue weighted by Crippen LogP contribution is 2.30. The Hall–Kier alpha value is -2.44. The van der Waals surface area contributed by atoms with Crippen molar-refractivity contribution in [3.8, 4) is 5.75 Å². The van der Waals surface area contributed by atoms with Crippen LogP contribution in [0.2, 0.25) is 5.02 Å². The molecule has 0 saturated carbocycles. The van der Waals surface area contributed by atoms with Crippen molar-refractivity contribution in [2.24, 2.45) is 0 Å². The summed E-state index contributed by atoms with van der Waals surface area (Å²) in [4.78, 5) is 9.71. The smallest absolute Gasteiger partial charge is 0.387 e. The van der Waals surface area contributed by atoms with Crippen molar-refractivity contribution in [2.45, 2.75) is 19.6 Å². The Labute approximate surface area is 160 Å². The van der Waals surface area contributed by atoms with Gasteiger partial charge in [0.1, 0.15) is 11.4 Å². The molecule has 0 aliphatic carbocycles. The number of alkyl halides is 2. The van der Waals surface area contributed by atoms with Gasteiger partial charge in [-0.1, -0.05) is 17.7 Å². The molecular formula is C20H18ClF2N3O. The summed E-state index contributed by atoms with van der Waals surface area (Å²) >= 11 is 6.03. The Bertz CT molecular complexity index is 986. The zero-order valence-electron chi connectivity index (χ0n) is 14.5.